The Morgan fingerprint density at radius 2 is 2.18 bits per heavy atom. The predicted octanol–water partition coefficient (Wildman–Crippen LogP) is 3.68. The van der Waals surface area contributed by atoms with Gasteiger partial charge in [-0.25, -0.2) is 4.79 Å². The van der Waals surface area contributed by atoms with Crippen LogP contribution in [0.5, 0.6) is 0 Å². The molecule has 22 heavy (non-hydrogen) atoms. The van der Waals surface area contributed by atoms with Gasteiger partial charge >= 0.3 is 6.09 Å². The van der Waals surface area contributed by atoms with Crippen LogP contribution >= 0.6 is 0 Å². The molecule has 1 N–H and O–H groups in total. The molecule has 1 aliphatic rings. The van der Waals surface area contributed by atoms with E-state index >= 15 is 0 Å². The van der Waals surface area contributed by atoms with Gasteiger partial charge in [-0.1, -0.05) is 31.2 Å². The number of amides is 1. The van der Waals surface area contributed by atoms with Gasteiger partial charge in [0.25, 0.3) is 0 Å². The van der Waals surface area contributed by atoms with Crippen LogP contribution in [-0.2, 0) is 11.2 Å². The topological polar surface area (TPSA) is 49.8 Å². The lowest BCUT2D eigenvalue weighted by atomic mass is 9.98. The first-order chi connectivity index (χ1) is 10.3. The summed E-state index contributed by atoms with van der Waals surface area (Å²) in [6, 6.07) is 7.76. The third-order valence-electron chi connectivity index (χ3n) is 3.99. The lowest BCUT2D eigenvalue weighted by Gasteiger charge is -2.31. The smallest absolute Gasteiger partial charge is 0.410 e. The number of aliphatic hydroxyl groups excluding tert-OH is 1. The summed E-state index contributed by atoms with van der Waals surface area (Å²) in [5.41, 5.74) is 1.55. The number of hydrogen-bond acceptors (Lipinski definition) is 3. The van der Waals surface area contributed by atoms with Crippen molar-refractivity contribution < 1.29 is 14.6 Å². The zero-order chi connectivity index (χ0) is 16.3. The fourth-order valence-electron chi connectivity index (χ4n) is 2.89. The van der Waals surface area contributed by atoms with Gasteiger partial charge in [-0.3, -0.25) is 0 Å². The van der Waals surface area contributed by atoms with E-state index in [-0.39, 0.29) is 12.1 Å². The molecule has 1 aromatic carbocycles. The molecule has 2 rings (SSSR count). The molecule has 0 aliphatic carbocycles. The third kappa shape index (κ3) is 4.01. The Balaban J connectivity index is 2.13. The second-order valence-electron chi connectivity index (χ2n) is 6.93. The molecule has 1 amide bonds. The second-order valence-corrected chi connectivity index (χ2v) is 6.93. The SMILES string of the molecule is CCc1cccc(C(O)[C@@H]2CCCN2C(=O)OC(C)(C)C)c1. The van der Waals surface area contributed by atoms with Gasteiger partial charge in [0.1, 0.15) is 5.60 Å². The van der Waals surface area contributed by atoms with Gasteiger partial charge in [-0.15, -0.1) is 0 Å². The van der Waals surface area contributed by atoms with E-state index in [1.807, 2.05) is 39.0 Å². The fraction of sp³-hybridized carbons (Fsp3) is 0.611. The highest BCUT2D eigenvalue weighted by atomic mass is 16.6. The minimum absolute atomic E-state index is 0.207. The molecule has 4 heteroatoms. The monoisotopic (exact) mass is 305 g/mol. The number of ether oxygens (including phenoxy) is 1. The number of nitrogens with zero attached hydrogens (tertiary/aromatic N) is 1. The highest BCUT2D eigenvalue weighted by Gasteiger charge is 2.36. The number of aryl methyl sites for hydroxylation is 1. The number of rotatable bonds is 3. The van der Waals surface area contributed by atoms with Crippen molar-refractivity contribution in [2.75, 3.05) is 6.54 Å². The van der Waals surface area contributed by atoms with Crippen LogP contribution in [0.1, 0.15) is 57.8 Å². The van der Waals surface area contributed by atoms with Crippen LogP contribution in [0, 0.1) is 0 Å². The summed E-state index contributed by atoms with van der Waals surface area (Å²) in [5.74, 6) is 0. The van der Waals surface area contributed by atoms with Crippen molar-refractivity contribution in [1.82, 2.24) is 4.90 Å². The summed E-state index contributed by atoms with van der Waals surface area (Å²) in [5, 5.41) is 10.7. The molecule has 1 saturated heterocycles. The van der Waals surface area contributed by atoms with Crippen molar-refractivity contribution in [3.63, 3.8) is 0 Å². The summed E-state index contributed by atoms with van der Waals surface area (Å²) in [6.45, 7) is 8.31. The zero-order valence-corrected chi connectivity index (χ0v) is 14.0. The van der Waals surface area contributed by atoms with Crippen LogP contribution in [0.4, 0.5) is 4.79 Å². The zero-order valence-electron chi connectivity index (χ0n) is 14.0. The largest absolute Gasteiger partial charge is 0.444 e. The molecule has 2 atom stereocenters. The van der Waals surface area contributed by atoms with Crippen LogP contribution in [0.2, 0.25) is 0 Å². The molecule has 0 bridgehead atoms. The van der Waals surface area contributed by atoms with Gasteiger partial charge in [0.05, 0.1) is 12.1 Å². The van der Waals surface area contributed by atoms with Crippen LogP contribution in [-0.4, -0.2) is 34.3 Å². The first-order valence-electron chi connectivity index (χ1n) is 8.08. The van der Waals surface area contributed by atoms with E-state index in [1.54, 1.807) is 4.90 Å². The second kappa shape index (κ2) is 6.69. The van der Waals surface area contributed by atoms with Gasteiger partial charge in [-0.05, 0) is 51.2 Å². The van der Waals surface area contributed by atoms with Crippen molar-refractivity contribution >= 4 is 6.09 Å². The predicted molar refractivity (Wildman–Crippen MR) is 86.7 cm³/mol. The van der Waals surface area contributed by atoms with Crippen LogP contribution in [0.3, 0.4) is 0 Å². The van der Waals surface area contributed by atoms with E-state index in [2.05, 4.69) is 13.0 Å². The summed E-state index contributed by atoms with van der Waals surface area (Å²) in [4.78, 5) is 14.0. The minimum Gasteiger partial charge on any atom is -0.444 e. The van der Waals surface area contributed by atoms with E-state index in [0.29, 0.717) is 6.54 Å². The molecule has 0 saturated carbocycles. The quantitative estimate of drug-likeness (QED) is 0.926. The van der Waals surface area contributed by atoms with Crippen molar-refractivity contribution in [2.24, 2.45) is 0 Å². The molecule has 1 fully saturated rings. The van der Waals surface area contributed by atoms with Crippen LogP contribution in [0.25, 0.3) is 0 Å². The molecule has 0 spiro atoms. The highest BCUT2D eigenvalue weighted by molar-refractivity contribution is 5.69. The van der Waals surface area contributed by atoms with E-state index in [9.17, 15) is 9.90 Å². The Bertz CT molecular complexity index is 521. The number of hydrogen-bond donors (Lipinski definition) is 1. The molecule has 1 heterocycles. The Morgan fingerprint density at radius 1 is 1.45 bits per heavy atom. The Kier molecular flexibility index (Phi) is 5.12. The molecule has 0 aromatic heterocycles. The maximum Gasteiger partial charge on any atom is 0.410 e. The average Bonchev–Trinajstić information content (AvgIpc) is 2.94. The summed E-state index contributed by atoms with van der Waals surface area (Å²) < 4.78 is 5.46. The maximum atomic E-state index is 12.3. The van der Waals surface area contributed by atoms with Gasteiger partial charge in [-0.2, -0.15) is 0 Å². The maximum absolute atomic E-state index is 12.3. The molecule has 0 radical (unpaired) electrons. The lowest BCUT2D eigenvalue weighted by molar-refractivity contribution is 0.00490. The van der Waals surface area contributed by atoms with E-state index in [1.165, 1.54) is 5.56 Å². The Hall–Kier alpha value is -1.55. The minimum atomic E-state index is -0.665. The number of carbonyl (C=O) groups is 1. The first-order valence-corrected chi connectivity index (χ1v) is 8.08. The molecular formula is C18H27NO3. The summed E-state index contributed by atoms with van der Waals surface area (Å²) in [7, 11) is 0. The molecule has 4 nitrogen and oxygen atoms in total. The van der Waals surface area contributed by atoms with E-state index in [4.69, 9.17) is 4.74 Å². The van der Waals surface area contributed by atoms with Gasteiger partial charge in [0.15, 0.2) is 0 Å². The van der Waals surface area contributed by atoms with Crippen molar-refractivity contribution in [2.45, 2.75) is 64.7 Å². The molecule has 122 valence electrons. The molecule has 1 aromatic rings. The molecular weight excluding hydrogens is 278 g/mol. The normalized spacial score (nSPS) is 20.0. The number of carbonyl (C=O) groups excluding carboxylic acids is 1. The highest BCUT2D eigenvalue weighted by Crippen LogP contribution is 2.31. The third-order valence-corrected chi connectivity index (χ3v) is 3.99. The molecule has 1 unspecified atom stereocenters. The first kappa shape index (κ1) is 16.8. The van der Waals surface area contributed by atoms with E-state index < -0.39 is 11.7 Å². The van der Waals surface area contributed by atoms with Crippen molar-refractivity contribution in [3.8, 4) is 0 Å². The lowest BCUT2D eigenvalue weighted by Crippen LogP contribution is -2.42. The van der Waals surface area contributed by atoms with Gasteiger partial charge in [0, 0.05) is 6.54 Å². The van der Waals surface area contributed by atoms with Gasteiger partial charge in [0.2, 0.25) is 0 Å². The summed E-state index contributed by atoms with van der Waals surface area (Å²) in [6.07, 6.45) is 1.63. The van der Waals surface area contributed by atoms with Crippen molar-refractivity contribution in [1.29, 1.82) is 0 Å². The van der Waals surface area contributed by atoms with Crippen LogP contribution < -0.4 is 0 Å². The number of aliphatic hydroxyl groups is 1. The Morgan fingerprint density at radius 3 is 2.82 bits per heavy atom. The molecule has 1 aliphatic heterocycles. The van der Waals surface area contributed by atoms with Crippen molar-refractivity contribution in [3.05, 3.63) is 35.4 Å². The fourth-order valence-corrected chi connectivity index (χ4v) is 2.89. The van der Waals surface area contributed by atoms with Crippen LogP contribution in [0.15, 0.2) is 24.3 Å². The Labute approximate surface area is 133 Å². The van der Waals surface area contributed by atoms with Gasteiger partial charge < -0.3 is 14.7 Å². The average molecular weight is 305 g/mol. The summed E-state index contributed by atoms with van der Waals surface area (Å²) >= 11 is 0. The number of likely N-dealkylation sites (tertiary alicyclic amines) is 1. The number of benzene rings is 1. The standard InChI is InChI=1S/C18H27NO3/c1-5-13-8-6-9-14(12-13)16(20)15-10-7-11-19(15)17(21)22-18(2,3)4/h6,8-9,12,15-16,20H,5,7,10-11H2,1-4H3/t15-,16?/m0/s1. The van der Waals surface area contributed by atoms with E-state index in [0.717, 1.165) is 24.8 Å².